The van der Waals surface area contributed by atoms with Crippen molar-refractivity contribution in [3.63, 3.8) is 0 Å². The number of nitrogens with zero attached hydrogens (tertiary/aromatic N) is 3. The first-order valence-electron chi connectivity index (χ1n) is 4.91. The molecular formula is C11H9Cl2N3O. The van der Waals surface area contributed by atoms with E-state index in [9.17, 15) is 4.79 Å². The molecular weight excluding hydrogens is 261 g/mol. The third kappa shape index (κ3) is 2.84. The van der Waals surface area contributed by atoms with Crippen molar-refractivity contribution in [3.05, 3.63) is 56.2 Å². The van der Waals surface area contributed by atoms with Crippen LogP contribution < -0.4 is 5.56 Å². The number of hydrogen-bond acceptors (Lipinski definition) is 3. The predicted octanol–water partition coefficient (Wildman–Crippen LogP) is 2.30. The summed E-state index contributed by atoms with van der Waals surface area (Å²) in [6.45, 7) is 2.10. The van der Waals surface area contributed by atoms with Crippen molar-refractivity contribution in [1.29, 1.82) is 0 Å². The average molecular weight is 270 g/mol. The minimum Gasteiger partial charge on any atom is -0.268 e. The first-order valence-corrected chi connectivity index (χ1v) is 5.66. The van der Waals surface area contributed by atoms with E-state index in [1.54, 1.807) is 18.3 Å². The average Bonchev–Trinajstić information content (AvgIpc) is 2.27. The summed E-state index contributed by atoms with van der Waals surface area (Å²) in [6, 6.07) is 4.68. The normalized spacial score (nSPS) is 10.5. The second-order valence-electron chi connectivity index (χ2n) is 3.57. The molecule has 0 fully saturated rings. The zero-order valence-corrected chi connectivity index (χ0v) is 10.5. The lowest BCUT2D eigenvalue weighted by Crippen LogP contribution is -2.23. The molecule has 0 aliphatic heterocycles. The first-order chi connectivity index (χ1) is 8.06. The Hall–Kier alpha value is -1.39. The molecule has 6 heteroatoms. The molecule has 2 rings (SSSR count). The van der Waals surface area contributed by atoms with Gasteiger partial charge in [0.2, 0.25) is 0 Å². The van der Waals surface area contributed by atoms with Crippen LogP contribution in [0.5, 0.6) is 0 Å². The molecule has 88 valence electrons. The number of aryl methyl sites for hydroxylation is 1. The minimum atomic E-state index is -0.179. The number of rotatable bonds is 2. The van der Waals surface area contributed by atoms with Crippen LogP contribution in [0.1, 0.15) is 11.3 Å². The summed E-state index contributed by atoms with van der Waals surface area (Å²) in [6.07, 6.45) is 1.54. The molecule has 0 aliphatic carbocycles. The highest BCUT2D eigenvalue weighted by molar-refractivity contribution is 6.34. The van der Waals surface area contributed by atoms with Crippen LogP contribution >= 0.6 is 23.2 Å². The Kier molecular flexibility index (Phi) is 3.45. The summed E-state index contributed by atoms with van der Waals surface area (Å²) in [5, 5.41) is 4.91. The van der Waals surface area contributed by atoms with Crippen LogP contribution in [0.15, 0.2) is 29.2 Å². The van der Waals surface area contributed by atoms with Gasteiger partial charge in [0.05, 0.1) is 17.3 Å². The molecule has 0 amide bonds. The summed E-state index contributed by atoms with van der Waals surface area (Å²) in [5.74, 6) is 0. The summed E-state index contributed by atoms with van der Waals surface area (Å²) >= 11 is 11.7. The lowest BCUT2D eigenvalue weighted by Gasteiger charge is -2.06. The van der Waals surface area contributed by atoms with Gasteiger partial charge in [-0.3, -0.25) is 4.79 Å². The molecule has 0 aromatic carbocycles. The van der Waals surface area contributed by atoms with E-state index < -0.39 is 0 Å². The summed E-state index contributed by atoms with van der Waals surface area (Å²) in [5.41, 5.74) is 1.29. The van der Waals surface area contributed by atoms with Gasteiger partial charge in [0, 0.05) is 17.8 Å². The summed E-state index contributed by atoms with van der Waals surface area (Å²) < 4.78 is 1.34. The van der Waals surface area contributed by atoms with E-state index in [1.807, 2.05) is 6.92 Å². The molecule has 0 aliphatic rings. The molecule has 0 atom stereocenters. The van der Waals surface area contributed by atoms with Gasteiger partial charge in [-0.1, -0.05) is 23.2 Å². The van der Waals surface area contributed by atoms with E-state index >= 15 is 0 Å². The standard InChI is InChI=1S/C11H9Cl2N3O/c1-7-2-3-11(17)16(15-7)6-8-5-14-10(13)4-9(8)12/h2-5H,6H2,1H3. The Morgan fingerprint density at radius 1 is 1.35 bits per heavy atom. The van der Waals surface area contributed by atoms with Crippen molar-refractivity contribution in [3.8, 4) is 0 Å². The van der Waals surface area contributed by atoms with Gasteiger partial charge in [0.1, 0.15) is 5.15 Å². The van der Waals surface area contributed by atoms with Gasteiger partial charge >= 0.3 is 0 Å². The maximum absolute atomic E-state index is 11.6. The van der Waals surface area contributed by atoms with Gasteiger partial charge in [0.15, 0.2) is 0 Å². The number of aromatic nitrogens is 3. The Balaban J connectivity index is 2.38. The highest BCUT2D eigenvalue weighted by Gasteiger charge is 2.05. The van der Waals surface area contributed by atoms with Gasteiger partial charge in [0.25, 0.3) is 5.56 Å². The molecule has 0 spiro atoms. The SMILES string of the molecule is Cc1ccc(=O)n(Cc2cnc(Cl)cc2Cl)n1. The van der Waals surface area contributed by atoms with E-state index in [-0.39, 0.29) is 12.1 Å². The number of hydrogen-bond donors (Lipinski definition) is 0. The molecule has 0 saturated carbocycles. The van der Waals surface area contributed by atoms with Crippen LogP contribution in [0.4, 0.5) is 0 Å². The van der Waals surface area contributed by atoms with Crippen molar-refractivity contribution >= 4 is 23.2 Å². The van der Waals surface area contributed by atoms with E-state index in [0.717, 1.165) is 5.69 Å². The second kappa shape index (κ2) is 4.85. The van der Waals surface area contributed by atoms with Crippen LogP contribution in [0, 0.1) is 6.92 Å². The first kappa shape index (κ1) is 12.1. The minimum absolute atomic E-state index is 0.179. The van der Waals surface area contributed by atoms with E-state index in [1.165, 1.54) is 10.7 Å². The molecule has 4 nitrogen and oxygen atoms in total. The molecule has 17 heavy (non-hydrogen) atoms. The van der Waals surface area contributed by atoms with Crippen LogP contribution in [0.3, 0.4) is 0 Å². The van der Waals surface area contributed by atoms with Gasteiger partial charge in [-0.2, -0.15) is 5.10 Å². The maximum atomic E-state index is 11.6. The third-order valence-electron chi connectivity index (χ3n) is 2.22. The smallest absolute Gasteiger partial charge is 0.267 e. The van der Waals surface area contributed by atoms with E-state index in [4.69, 9.17) is 23.2 Å². The highest BCUT2D eigenvalue weighted by atomic mass is 35.5. The van der Waals surface area contributed by atoms with E-state index in [0.29, 0.717) is 15.7 Å². The van der Waals surface area contributed by atoms with Crippen LogP contribution in [0.25, 0.3) is 0 Å². The molecule has 0 N–H and O–H groups in total. The highest BCUT2D eigenvalue weighted by Crippen LogP contribution is 2.18. The van der Waals surface area contributed by atoms with Crippen molar-refractivity contribution < 1.29 is 0 Å². The largest absolute Gasteiger partial charge is 0.268 e. The number of pyridine rings is 1. The topological polar surface area (TPSA) is 47.8 Å². The summed E-state index contributed by atoms with van der Waals surface area (Å²) in [7, 11) is 0. The fraction of sp³-hybridized carbons (Fsp3) is 0.182. The zero-order valence-electron chi connectivity index (χ0n) is 9.02. The van der Waals surface area contributed by atoms with Crippen LogP contribution in [-0.4, -0.2) is 14.8 Å². The lowest BCUT2D eigenvalue weighted by atomic mass is 10.3. The fourth-order valence-corrected chi connectivity index (χ4v) is 1.80. The van der Waals surface area contributed by atoms with Crippen LogP contribution in [-0.2, 0) is 6.54 Å². The van der Waals surface area contributed by atoms with E-state index in [2.05, 4.69) is 10.1 Å². The van der Waals surface area contributed by atoms with Crippen molar-refractivity contribution in [2.24, 2.45) is 0 Å². The zero-order chi connectivity index (χ0) is 12.4. The van der Waals surface area contributed by atoms with Gasteiger partial charge in [-0.05, 0) is 19.1 Å². The third-order valence-corrected chi connectivity index (χ3v) is 2.77. The number of halogens is 2. The maximum Gasteiger partial charge on any atom is 0.267 e. The van der Waals surface area contributed by atoms with Gasteiger partial charge < -0.3 is 0 Å². The van der Waals surface area contributed by atoms with Crippen LogP contribution in [0.2, 0.25) is 10.2 Å². The fourth-order valence-electron chi connectivity index (χ4n) is 1.38. The molecule has 0 saturated heterocycles. The summed E-state index contributed by atoms with van der Waals surface area (Å²) in [4.78, 5) is 15.5. The lowest BCUT2D eigenvalue weighted by molar-refractivity contribution is 0.627. The Labute approximate surface area is 108 Å². The molecule has 0 unspecified atom stereocenters. The Morgan fingerprint density at radius 2 is 2.12 bits per heavy atom. The Morgan fingerprint density at radius 3 is 2.82 bits per heavy atom. The van der Waals surface area contributed by atoms with Crippen molar-refractivity contribution in [2.45, 2.75) is 13.5 Å². The molecule has 0 bridgehead atoms. The van der Waals surface area contributed by atoms with Gasteiger partial charge in [-0.15, -0.1) is 0 Å². The predicted molar refractivity (Wildman–Crippen MR) is 66.6 cm³/mol. The molecule has 2 aromatic heterocycles. The van der Waals surface area contributed by atoms with Crippen molar-refractivity contribution in [1.82, 2.24) is 14.8 Å². The Bertz CT molecular complexity index is 610. The van der Waals surface area contributed by atoms with Crippen molar-refractivity contribution in [2.75, 3.05) is 0 Å². The molecule has 0 radical (unpaired) electrons. The molecule has 2 heterocycles. The monoisotopic (exact) mass is 269 g/mol. The second-order valence-corrected chi connectivity index (χ2v) is 4.36. The van der Waals surface area contributed by atoms with Gasteiger partial charge in [-0.25, -0.2) is 9.67 Å². The quantitative estimate of drug-likeness (QED) is 0.787. The molecule has 2 aromatic rings.